The zero-order valence-electron chi connectivity index (χ0n) is 14.1. The smallest absolute Gasteiger partial charge is 0.339 e. The lowest BCUT2D eigenvalue weighted by molar-refractivity contribution is 0.0694. The molecule has 0 radical (unpaired) electrons. The zero-order valence-corrected chi connectivity index (χ0v) is 14.1. The topological polar surface area (TPSA) is 75.2 Å². The average Bonchev–Trinajstić information content (AvgIpc) is 3.08. The number of hydrogen-bond donors (Lipinski definition) is 2. The molecule has 0 spiro atoms. The van der Waals surface area contributed by atoms with Crippen LogP contribution in [0.5, 0.6) is 11.5 Å². The second-order valence-electron chi connectivity index (χ2n) is 6.01. The van der Waals surface area contributed by atoms with Crippen LogP contribution in [-0.4, -0.2) is 21.3 Å². The second-order valence-corrected chi connectivity index (χ2v) is 6.01. The number of benzene rings is 3. The largest absolute Gasteiger partial charge is 0.478 e. The molecule has 1 heterocycles. The number of aromatic carboxylic acids is 1. The molecule has 1 aromatic heterocycles. The fraction of sp³-hybridized carbons (Fsp3) is 0.0476. The maximum Gasteiger partial charge on any atom is 0.339 e. The number of carbonyl (C=O) groups is 1. The van der Waals surface area contributed by atoms with Crippen LogP contribution in [0.15, 0.2) is 66.9 Å². The van der Waals surface area contributed by atoms with Crippen LogP contribution in [0.1, 0.15) is 16.1 Å². The Morgan fingerprint density at radius 3 is 2.58 bits per heavy atom. The second kappa shape index (κ2) is 6.37. The van der Waals surface area contributed by atoms with Crippen LogP contribution in [-0.2, 0) is 0 Å². The Hall–Kier alpha value is -3.60. The Morgan fingerprint density at radius 1 is 1.04 bits per heavy atom. The fourth-order valence-corrected chi connectivity index (χ4v) is 2.96. The van der Waals surface area contributed by atoms with E-state index >= 15 is 0 Å². The van der Waals surface area contributed by atoms with Crippen molar-refractivity contribution in [2.45, 2.75) is 6.92 Å². The standard InChI is InChI=1S/C21H16N2O3/c1-13-19(12-22-23-13)16-7-9-20(18(11-16)21(24)25)26-17-8-6-14-4-2-3-5-15(14)10-17/h2-12H,1H3,(H,22,23)(H,24,25). The van der Waals surface area contributed by atoms with Crippen LogP contribution in [0.25, 0.3) is 21.9 Å². The van der Waals surface area contributed by atoms with Crippen molar-refractivity contribution in [2.75, 3.05) is 0 Å². The van der Waals surface area contributed by atoms with Gasteiger partial charge in [0, 0.05) is 11.8 Å². The van der Waals surface area contributed by atoms with Gasteiger partial charge in [-0.25, -0.2) is 4.79 Å². The van der Waals surface area contributed by atoms with E-state index in [2.05, 4.69) is 10.2 Å². The van der Waals surface area contributed by atoms with Crippen LogP contribution in [0.2, 0.25) is 0 Å². The molecule has 0 atom stereocenters. The summed E-state index contributed by atoms with van der Waals surface area (Å²) in [6, 6.07) is 18.7. The van der Waals surface area contributed by atoms with Gasteiger partial charge in [-0.15, -0.1) is 0 Å². The summed E-state index contributed by atoms with van der Waals surface area (Å²) < 4.78 is 5.88. The molecule has 128 valence electrons. The van der Waals surface area contributed by atoms with E-state index in [0.717, 1.165) is 27.6 Å². The van der Waals surface area contributed by atoms with Crippen molar-refractivity contribution in [1.29, 1.82) is 0 Å². The van der Waals surface area contributed by atoms with Crippen molar-refractivity contribution in [3.8, 4) is 22.6 Å². The Morgan fingerprint density at radius 2 is 1.85 bits per heavy atom. The van der Waals surface area contributed by atoms with E-state index in [-0.39, 0.29) is 5.56 Å². The Balaban J connectivity index is 1.73. The highest BCUT2D eigenvalue weighted by Gasteiger charge is 2.15. The highest BCUT2D eigenvalue weighted by atomic mass is 16.5. The third-order valence-electron chi connectivity index (χ3n) is 4.30. The molecule has 0 aliphatic carbocycles. The highest BCUT2D eigenvalue weighted by Crippen LogP contribution is 2.32. The molecule has 0 saturated carbocycles. The molecule has 4 rings (SSSR count). The molecule has 0 bridgehead atoms. The number of nitrogens with zero attached hydrogens (tertiary/aromatic N) is 1. The number of carboxylic acids is 1. The molecule has 0 aliphatic heterocycles. The van der Waals surface area contributed by atoms with E-state index in [4.69, 9.17) is 4.74 Å². The first-order valence-corrected chi connectivity index (χ1v) is 8.16. The van der Waals surface area contributed by atoms with Gasteiger partial charge in [0.25, 0.3) is 0 Å². The molecule has 4 aromatic rings. The van der Waals surface area contributed by atoms with Gasteiger partial charge in [0.05, 0.1) is 5.69 Å². The van der Waals surface area contributed by atoms with Gasteiger partial charge < -0.3 is 9.84 Å². The first-order valence-electron chi connectivity index (χ1n) is 8.16. The van der Waals surface area contributed by atoms with Gasteiger partial charge in [-0.05, 0) is 47.5 Å². The number of nitrogens with one attached hydrogen (secondary N) is 1. The lowest BCUT2D eigenvalue weighted by atomic mass is 10.0. The lowest BCUT2D eigenvalue weighted by Gasteiger charge is -2.11. The average molecular weight is 344 g/mol. The van der Waals surface area contributed by atoms with Crippen molar-refractivity contribution in [3.63, 3.8) is 0 Å². The molecule has 0 aliphatic rings. The Labute approximate surface area is 149 Å². The van der Waals surface area contributed by atoms with Gasteiger partial charge >= 0.3 is 5.97 Å². The predicted molar refractivity (Wildman–Crippen MR) is 99.7 cm³/mol. The van der Waals surface area contributed by atoms with Crippen LogP contribution < -0.4 is 4.74 Å². The van der Waals surface area contributed by atoms with E-state index in [1.807, 2.05) is 55.5 Å². The number of fused-ring (bicyclic) bond motifs is 1. The van der Waals surface area contributed by atoms with Gasteiger partial charge in [0.15, 0.2) is 0 Å². The third-order valence-corrected chi connectivity index (χ3v) is 4.30. The summed E-state index contributed by atoms with van der Waals surface area (Å²) >= 11 is 0. The summed E-state index contributed by atoms with van der Waals surface area (Å²) in [6.07, 6.45) is 1.75. The van der Waals surface area contributed by atoms with E-state index < -0.39 is 5.97 Å². The maximum atomic E-state index is 11.7. The minimum Gasteiger partial charge on any atom is -0.478 e. The van der Waals surface area contributed by atoms with E-state index in [9.17, 15) is 9.90 Å². The molecule has 0 fully saturated rings. The van der Waals surface area contributed by atoms with Gasteiger partial charge in [0.1, 0.15) is 17.1 Å². The molecule has 5 heteroatoms. The molecule has 0 saturated heterocycles. The normalized spacial score (nSPS) is 10.8. The van der Waals surface area contributed by atoms with Crippen LogP contribution >= 0.6 is 0 Å². The number of rotatable bonds is 4. The Kier molecular flexibility index (Phi) is 3.89. The van der Waals surface area contributed by atoms with Crippen molar-refractivity contribution < 1.29 is 14.6 Å². The minimum atomic E-state index is -1.04. The monoisotopic (exact) mass is 344 g/mol. The van der Waals surface area contributed by atoms with Crippen molar-refractivity contribution in [3.05, 3.63) is 78.1 Å². The maximum absolute atomic E-state index is 11.7. The number of ether oxygens (including phenoxy) is 1. The molecular weight excluding hydrogens is 328 g/mol. The summed E-state index contributed by atoms with van der Waals surface area (Å²) in [6.45, 7) is 1.87. The zero-order chi connectivity index (χ0) is 18.1. The fourth-order valence-electron chi connectivity index (χ4n) is 2.96. The van der Waals surface area contributed by atoms with E-state index in [1.54, 1.807) is 18.3 Å². The highest BCUT2D eigenvalue weighted by molar-refractivity contribution is 5.93. The Bertz CT molecular complexity index is 1120. The molecule has 3 aromatic carbocycles. The van der Waals surface area contributed by atoms with Crippen LogP contribution in [0, 0.1) is 6.92 Å². The van der Waals surface area contributed by atoms with Gasteiger partial charge in [-0.1, -0.05) is 36.4 Å². The predicted octanol–water partition coefficient (Wildman–Crippen LogP) is 5.03. The number of aryl methyl sites for hydroxylation is 1. The van der Waals surface area contributed by atoms with E-state index in [1.165, 1.54) is 0 Å². The number of H-pyrrole nitrogens is 1. The SMILES string of the molecule is Cc1n[nH]cc1-c1ccc(Oc2ccc3ccccc3c2)c(C(=O)O)c1. The third kappa shape index (κ3) is 2.91. The van der Waals surface area contributed by atoms with Crippen LogP contribution in [0.4, 0.5) is 0 Å². The van der Waals surface area contributed by atoms with Gasteiger partial charge in [0.2, 0.25) is 0 Å². The quantitative estimate of drug-likeness (QED) is 0.544. The lowest BCUT2D eigenvalue weighted by Crippen LogP contribution is -2.00. The summed E-state index contributed by atoms with van der Waals surface area (Å²) in [5.41, 5.74) is 2.56. The molecule has 5 nitrogen and oxygen atoms in total. The molecule has 26 heavy (non-hydrogen) atoms. The van der Waals surface area contributed by atoms with Crippen LogP contribution in [0.3, 0.4) is 0 Å². The molecular formula is C21H16N2O3. The summed E-state index contributed by atoms with van der Waals surface area (Å²) in [5, 5.41) is 18.6. The van der Waals surface area contributed by atoms with Gasteiger partial charge in [-0.2, -0.15) is 5.10 Å². The molecule has 0 unspecified atom stereocenters. The summed E-state index contributed by atoms with van der Waals surface area (Å²) in [5.74, 6) is -0.139. The van der Waals surface area contributed by atoms with Crippen molar-refractivity contribution in [2.24, 2.45) is 0 Å². The summed E-state index contributed by atoms with van der Waals surface area (Å²) in [4.78, 5) is 11.7. The first-order chi connectivity index (χ1) is 12.6. The minimum absolute atomic E-state index is 0.108. The van der Waals surface area contributed by atoms with E-state index in [0.29, 0.717) is 11.5 Å². The molecule has 0 amide bonds. The number of carboxylic acid groups (broad SMARTS) is 1. The summed E-state index contributed by atoms with van der Waals surface area (Å²) in [7, 11) is 0. The van der Waals surface area contributed by atoms with Crippen molar-refractivity contribution in [1.82, 2.24) is 10.2 Å². The first kappa shape index (κ1) is 15.9. The number of aromatic amines is 1. The number of hydrogen-bond acceptors (Lipinski definition) is 3. The number of aromatic nitrogens is 2. The molecule has 2 N–H and O–H groups in total. The van der Waals surface area contributed by atoms with Crippen molar-refractivity contribution >= 4 is 16.7 Å². The van der Waals surface area contributed by atoms with Gasteiger partial charge in [-0.3, -0.25) is 5.10 Å².